The molecule has 1 aromatic carbocycles. The Kier molecular flexibility index (Phi) is 2.97. The molecule has 0 N–H and O–H groups in total. The van der Waals surface area contributed by atoms with Crippen LogP contribution in [-0.4, -0.2) is 5.78 Å². The molecule has 2 heteroatoms. The van der Waals surface area contributed by atoms with Crippen molar-refractivity contribution in [3.63, 3.8) is 0 Å². The van der Waals surface area contributed by atoms with Gasteiger partial charge in [0.1, 0.15) is 5.78 Å². The van der Waals surface area contributed by atoms with E-state index in [1.807, 2.05) is 24.3 Å². The molecule has 0 bridgehead atoms. The molecule has 1 fully saturated rings. The van der Waals surface area contributed by atoms with Gasteiger partial charge >= 0.3 is 0 Å². The molecule has 0 spiro atoms. The number of hydrogen-bond acceptors (Lipinski definition) is 1. The lowest BCUT2D eigenvalue weighted by atomic mass is 10.0. The van der Waals surface area contributed by atoms with Gasteiger partial charge in [-0.2, -0.15) is 0 Å². The van der Waals surface area contributed by atoms with Crippen LogP contribution >= 0.6 is 15.9 Å². The highest BCUT2D eigenvalue weighted by molar-refractivity contribution is 9.10. The maximum Gasteiger partial charge on any atom is 0.141 e. The molecule has 92 valence electrons. The van der Waals surface area contributed by atoms with Crippen LogP contribution in [-0.2, 0) is 11.2 Å². The molecular formula is C15H19BrO. The van der Waals surface area contributed by atoms with E-state index in [1.54, 1.807) is 0 Å². The summed E-state index contributed by atoms with van der Waals surface area (Å²) >= 11 is 3.50. The van der Waals surface area contributed by atoms with Gasteiger partial charge < -0.3 is 0 Å². The Bertz CT molecular complexity index is 446. The number of Topliss-reactive ketones (excluding diaryl/α,β-unsaturated/α-hetero) is 1. The van der Waals surface area contributed by atoms with Gasteiger partial charge in [-0.25, -0.2) is 0 Å². The van der Waals surface area contributed by atoms with Crippen molar-refractivity contribution in [2.75, 3.05) is 0 Å². The average Bonchev–Trinajstić information content (AvgIpc) is 2.61. The van der Waals surface area contributed by atoms with Gasteiger partial charge in [-0.05, 0) is 22.5 Å². The van der Waals surface area contributed by atoms with Crippen molar-refractivity contribution >= 4 is 21.7 Å². The molecule has 0 amide bonds. The number of carbonyl (C=O) groups is 1. The van der Waals surface area contributed by atoms with Crippen molar-refractivity contribution in [2.24, 2.45) is 16.7 Å². The number of rotatable bonds is 3. The Hall–Kier alpha value is -0.630. The number of halogens is 1. The second kappa shape index (κ2) is 3.94. The summed E-state index contributed by atoms with van der Waals surface area (Å²) in [6.45, 7) is 8.76. The van der Waals surface area contributed by atoms with Crippen molar-refractivity contribution in [1.29, 1.82) is 0 Å². The highest BCUT2D eigenvalue weighted by Crippen LogP contribution is 2.68. The van der Waals surface area contributed by atoms with E-state index in [-0.39, 0.29) is 16.7 Å². The van der Waals surface area contributed by atoms with Gasteiger partial charge in [-0.1, -0.05) is 61.8 Å². The van der Waals surface area contributed by atoms with Crippen molar-refractivity contribution < 1.29 is 4.79 Å². The number of hydrogen-bond donors (Lipinski definition) is 0. The minimum absolute atomic E-state index is 0.144. The Morgan fingerprint density at radius 1 is 1.18 bits per heavy atom. The minimum Gasteiger partial charge on any atom is -0.299 e. The molecule has 1 aliphatic rings. The van der Waals surface area contributed by atoms with E-state index >= 15 is 0 Å². The molecule has 1 aromatic rings. The van der Waals surface area contributed by atoms with Crippen LogP contribution in [0.2, 0.25) is 0 Å². The summed E-state index contributed by atoms with van der Waals surface area (Å²) in [6.07, 6.45) is 0.541. The first-order valence-electron chi connectivity index (χ1n) is 6.04. The van der Waals surface area contributed by atoms with Gasteiger partial charge in [0.05, 0.1) is 0 Å². The maximum absolute atomic E-state index is 12.3. The zero-order valence-electron chi connectivity index (χ0n) is 10.9. The molecule has 0 heterocycles. The zero-order chi connectivity index (χ0) is 12.8. The fraction of sp³-hybridized carbons (Fsp3) is 0.533. The first-order valence-corrected chi connectivity index (χ1v) is 6.84. The van der Waals surface area contributed by atoms with Crippen LogP contribution in [0.4, 0.5) is 0 Å². The van der Waals surface area contributed by atoms with Crippen LogP contribution in [0, 0.1) is 16.7 Å². The van der Waals surface area contributed by atoms with Crippen LogP contribution in [0.5, 0.6) is 0 Å². The smallest absolute Gasteiger partial charge is 0.141 e. The van der Waals surface area contributed by atoms with Crippen LogP contribution < -0.4 is 0 Å². The zero-order valence-corrected chi connectivity index (χ0v) is 12.5. The number of ketones is 1. The highest BCUT2D eigenvalue weighted by atomic mass is 79.9. The lowest BCUT2D eigenvalue weighted by Gasteiger charge is -2.04. The Labute approximate surface area is 112 Å². The van der Waals surface area contributed by atoms with Crippen molar-refractivity contribution in [3.8, 4) is 0 Å². The molecule has 0 aliphatic heterocycles. The minimum atomic E-state index is 0.144. The SMILES string of the molecule is CC1(C)C(C(=O)Cc2ccccc2Br)C1(C)C. The second-order valence-electron chi connectivity index (χ2n) is 6.11. The first-order chi connectivity index (χ1) is 7.78. The molecule has 0 unspecified atom stereocenters. The lowest BCUT2D eigenvalue weighted by molar-refractivity contribution is -0.120. The third kappa shape index (κ3) is 1.97. The second-order valence-corrected chi connectivity index (χ2v) is 6.97. The predicted octanol–water partition coefficient (Wildman–Crippen LogP) is 4.24. The molecule has 0 saturated heterocycles. The average molecular weight is 295 g/mol. The monoisotopic (exact) mass is 294 g/mol. The van der Waals surface area contributed by atoms with E-state index in [0.717, 1.165) is 10.0 Å². The first kappa shape index (κ1) is 12.8. The fourth-order valence-corrected chi connectivity index (χ4v) is 3.36. The predicted molar refractivity (Wildman–Crippen MR) is 73.9 cm³/mol. The van der Waals surface area contributed by atoms with E-state index in [2.05, 4.69) is 43.6 Å². The Morgan fingerprint density at radius 3 is 2.18 bits per heavy atom. The summed E-state index contributed by atoms with van der Waals surface area (Å²) in [6, 6.07) is 7.97. The summed E-state index contributed by atoms with van der Waals surface area (Å²) in [7, 11) is 0. The van der Waals surface area contributed by atoms with Gasteiger partial charge in [-0.15, -0.1) is 0 Å². The molecule has 1 aliphatic carbocycles. The van der Waals surface area contributed by atoms with E-state index in [0.29, 0.717) is 12.2 Å². The van der Waals surface area contributed by atoms with E-state index in [1.165, 1.54) is 0 Å². The molecule has 2 rings (SSSR count). The van der Waals surface area contributed by atoms with Gasteiger partial charge in [0.15, 0.2) is 0 Å². The summed E-state index contributed by atoms with van der Waals surface area (Å²) in [4.78, 5) is 12.3. The van der Waals surface area contributed by atoms with Gasteiger partial charge in [0.2, 0.25) is 0 Å². The van der Waals surface area contributed by atoms with Gasteiger partial charge in [0, 0.05) is 16.8 Å². The van der Waals surface area contributed by atoms with Crippen LogP contribution in [0.3, 0.4) is 0 Å². The number of benzene rings is 1. The van der Waals surface area contributed by atoms with Crippen LogP contribution in [0.1, 0.15) is 33.3 Å². The topological polar surface area (TPSA) is 17.1 Å². The van der Waals surface area contributed by atoms with E-state index in [9.17, 15) is 4.79 Å². The van der Waals surface area contributed by atoms with Gasteiger partial charge in [0.25, 0.3) is 0 Å². The molecule has 0 aromatic heterocycles. The van der Waals surface area contributed by atoms with E-state index < -0.39 is 0 Å². The molecule has 1 nitrogen and oxygen atoms in total. The lowest BCUT2D eigenvalue weighted by Crippen LogP contribution is -2.10. The summed E-state index contributed by atoms with van der Waals surface area (Å²) in [5, 5.41) is 0. The number of carbonyl (C=O) groups excluding carboxylic acids is 1. The molecule has 1 saturated carbocycles. The maximum atomic E-state index is 12.3. The van der Waals surface area contributed by atoms with Gasteiger partial charge in [-0.3, -0.25) is 4.79 Å². The molecule has 0 atom stereocenters. The third-order valence-corrected chi connectivity index (χ3v) is 5.44. The molecule has 17 heavy (non-hydrogen) atoms. The van der Waals surface area contributed by atoms with Crippen LogP contribution in [0.25, 0.3) is 0 Å². The van der Waals surface area contributed by atoms with E-state index in [4.69, 9.17) is 0 Å². The Morgan fingerprint density at radius 2 is 1.71 bits per heavy atom. The van der Waals surface area contributed by atoms with Crippen molar-refractivity contribution in [1.82, 2.24) is 0 Å². The summed E-state index contributed by atoms with van der Waals surface area (Å²) in [5.74, 6) is 0.564. The molecule has 0 radical (unpaired) electrons. The molecular weight excluding hydrogens is 276 g/mol. The third-order valence-electron chi connectivity index (χ3n) is 4.67. The summed E-state index contributed by atoms with van der Waals surface area (Å²) < 4.78 is 1.03. The quantitative estimate of drug-likeness (QED) is 0.815. The largest absolute Gasteiger partial charge is 0.299 e. The van der Waals surface area contributed by atoms with Crippen LogP contribution in [0.15, 0.2) is 28.7 Å². The Balaban J connectivity index is 2.13. The normalized spacial score (nSPS) is 21.2. The van der Waals surface area contributed by atoms with Crippen molar-refractivity contribution in [2.45, 2.75) is 34.1 Å². The summed E-state index contributed by atoms with van der Waals surface area (Å²) in [5.41, 5.74) is 1.38. The standard InChI is InChI=1S/C15H19BrO/c1-14(2)13(15(14,3)4)12(17)9-10-7-5-6-8-11(10)16/h5-8,13H,9H2,1-4H3. The fourth-order valence-electron chi connectivity index (χ4n) is 2.93. The highest BCUT2D eigenvalue weighted by Gasteiger charge is 2.67. The van der Waals surface area contributed by atoms with Crippen molar-refractivity contribution in [3.05, 3.63) is 34.3 Å².